The zero-order valence-electron chi connectivity index (χ0n) is 15.9. The highest BCUT2D eigenvalue weighted by atomic mass is 32.2. The first-order valence-corrected chi connectivity index (χ1v) is 11.7. The SMILES string of the molecule is Cc1ccc(S(=O)(=O)Nc2cccc(S(=O)(=O)NC(=O)Nc3ccccc3)c2)cc1. The van der Waals surface area contributed by atoms with Crippen LogP contribution in [0.3, 0.4) is 0 Å². The first-order chi connectivity index (χ1) is 14.2. The molecule has 0 heterocycles. The minimum Gasteiger partial charge on any atom is -0.307 e. The van der Waals surface area contributed by atoms with Crippen molar-refractivity contribution in [1.29, 1.82) is 0 Å². The third-order valence-electron chi connectivity index (χ3n) is 3.99. The number of hydrogen-bond donors (Lipinski definition) is 3. The summed E-state index contributed by atoms with van der Waals surface area (Å²) < 4.78 is 54.3. The number of anilines is 2. The number of amides is 2. The summed E-state index contributed by atoms with van der Waals surface area (Å²) in [4.78, 5) is 11.8. The minimum atomic E-state index is -4.22. The van der Waals surface area contributed by atoms with Crippen LogP contribution < -0.4 is 14.8 Å². The summed E-state index contributed by atoms with van der Waals surface area (Å²) in [7, 11) is -8.13. The van der Waals surface area contributed by atoms with Gasteiger partial charge in [0.25, 0.3) is 20.0 Å². The van der Waals surface area contributed by atoms with Gasteiger partial charge in [-0.15, -0.1) is 0 Å². The highest BCUT2D eigenvalue weighted by Crippen LogP contribution is 2.20. The summed E-state index contributed by atoms with van der Waals surface area (Å²) in [6.07, 6.45) is 0. The molecule has 30 heavy (non-hydrogen) atoms. The normalized spacial score (nSPS) is 11.5. The number of benzene rings is 3. The Bertz CT molecular complexity index is 1260. The number of carbonyl (C=O) groups excluding carboxylic acids is 1. The van der Waals surface area contributed by atoms with Crippen LogP contribution in [-0.4, -0.2) is 22.9 Å². The smallest absolute Gasteiger partial charge is 0.307 e. The molecule has 10 heteroatoms. The predicted octanol–water partition coefficient (Wildman–Crippen LogP) is 3.31. The highest BCUT2D eigenvalue weighted by molar-refractivity contribution is 7.92. The molecule has 3 aromatic rings. The fourth-order valence-corrected chi connectivity index (χ4v) is 4.52. The Labute approximate surface area is 175 Å². The van der Waals surface area contributed by atoms with Crippen LogP contribution in [0.1, 0.15) is 5.56 Å². The van der Waals surface area contributed by atoms with E-state index in [2.05, 4.69) is 10.0 Å². The topological polar surface area (TPSA) is 121 Å². The van der Waals surface area contributed by atoms with Gasteiger partial charge < -0.3 is 5.32 Å². The lowest BCUT2D eigenvalue weighted by molar-refractivity contribution is 0.256. The van der Waals surface area contributed by atoms with Crippen molar-refractivity contribution in [3.05, 3.63) is 84.4 Å². The molecule has 0 radical (unpaired) electrons. The van der Waals surface area contributed by atoms with Crippen LogP contribution in [-0.2, 0) is 20.0 Å². The van der Waals surface area contributed by atoms with Crippen molar-refractivity contribution in [3.63, 3.8) is 0 Å². The fourth-order valence-electron chi connectivity index (χ4n) is 2.52. The Morgan fingerprint density at radius 2 is 1.33 bits per heavy atom. The third kappa shape index (κ3) is 5.37. The lowest BCUT2D eigenvalue weighted by Crippen LogP contribution is -2.34. The molecule has 0 aliphatic heterocycles. The number of urea groups is 1. The van der Waals surface area contributed by atoms with Gasteiger partial charge in [-0.25, -0.2) is 26.4 Å². The lowest BCUT2D eigenvalue weighted by Gasteiger charge is -2.11. The Hall–Kier alpha value is -3.37. The zero-order chi connectivity index (χ0) is 21.8. The quantitative estimate of drug-likeness (QED) is 0.537. The average molecular weight is 446 g/mol. The molecule has 3 aromatic carbocycles. The van der Waals surface area contributed by atoms with E-state index in [0.717, 1.165) is 11.6 Å². The second kappa shape index (κ2) is 8.56. The zero-order valence-corrected chi connectivity index (χ0v) is 17.5. The maximum atomic E-state index is 12.5. The summed E-state index contributed by atoms with van der Waals surface area (Å²) in [5, 5.41) is 2.41. The molecule has 0 saturated heterocycles. The van der Waals surface area contributed by atoms with Gasteiger partial charge in [-0.2, -0.15) is 0 Å². The number of sulfonamides is 2. The van der Waals surface area contributed by atoms with Crippen molar-refractivity contribution in [1.82, 2.24) is 4.72 Å². The third-order valence-corrected chi connectivity index (χ3v) is 6.71. The molecule has 3 rings (SSSR count). The van der Waals surface area contributed by atoms with Gasteiger partial charge in [-0.05, 0) is 49.4 Å². The summed E-state index contributed by atoms with van der Waals surface area (Å²) in [5.41, 5.74) is 1.37. The van der Waals surface area contributed by atoms with Gasteiger partial charge >= 0.3 is 6.03 Å². The molecule has 0 atom stereocenters. The minimum absolute atomic E-state index is 0.0433. The Morgan fingerprint density at radius 3 is 2.00 bits per heavy atom. The van der Waals surface area contributed by atoms with Gasteiger partial charge in [0.05, 0.1) is 15.5 Å². The van der Waals surface area contributed by atoms with Crippen molar-refractivity contribution in [2.45, 2.75) is 16.7 Å². The number of hydrogen-bond acceptors (Lipinski definition) is 5. The van der Waals surface area contributed by atoms with E-state index < -0.39 is 26.1 Å². The van der Waals surface area contributed by atoms with Crippen molar-refractivity contribution in [2.75, 3.05) is 10.0 Å². The van der Waals surface area contributed by atoms with Gasteiger partial charge in [0.15, 0.2) is 0 Å². The molecule has 3 N–H and O–H groups in total. The van der Waals surface area contributed by atoms with E-state index in [-0.39, 0.29) is 15.5 Å². The molecule has 156 valence electrons. The molecule has 8 nitrogen and oxygen atoms in total. The van der Waals surface area contributed by atoms with Crippen LogP contribution in [0.4, 0.5) is 16.2 Å². The molecule has 0 unspecified atom stereocenters. The van der Waals surface area contributed by atoms with Gasteiger partial charge in [0, 0.05) is 5.69 Å². The fraction of sp³-hybridized carbons (Fsp3) is 0.0500. The Kier molecular flexibility index (Phi) is 6.09. The molecule has 0 saturated carbocycles. The van der Waals surface area contributed by atoms with Crippen LogP contribution in [0.5, 0.6) is 0 Å². The standard InChI is InChI=1S/C20H19N3O5S2/c1-15-10-12-18(13-11-15)29(25,26)22-17-8-5-9-19(14-17)30(27,28)23-20(24)21-16-6-3-2-4-7-16/h2-14,22H,1H3,(H2,21,23,24). The Morgan fingerprint density at radius 1 is 0.700 bits per heavy atom. The number of rotatable bonds is 6. The predicted molar refractivity (Wildman–Crippen MR) is 114 cm³/mol. The van der Waals surface area contributed by atoms with Gasteiger partial charge in [0.2, 0.25) is 0 Å². The maximum Gasteiger partial charge on any atom is 0.333 e. The number of nitrogens with one attached hydrogen (secondary N) is 3. The second-order valence-electron chi connectivity index (χ2n) is 6.37. The summed E-state index contributed by atoms with van der Waals surface area (Å²) >= 11 is 0. The summed E-state index contributed by atoms with van der Waals surface area (Å²) in [6.45, 7) is 1.83. The summed E-state index contributed by atoms with van der Waals surface area (Å²) in [6, 6.07) is 18.8. The first kappa shape index (κ1) is 21.3. The molecule has 0 aliphatic carbocycles. The number of para-hydroxylation sites is 1. The van der Waals surface area contributed by atoms with Crippen LogP contribution in [0.2, 0.25) is 0 Å². The van der Waals surface area contributed by atoms with Crippen LogP contribution in [0.25, 0.3) is 0 Å². The monoisotopic (exact) mass is 445 g/mol. The van der Waals surface area contributed by atoms with Crippen molar-refractivity contribution in [3.8, 4) is 0 Å². The molecule has 0 bridgehead atoms. The van der Waals surface area contributed by atoms with E-state index in [1.807, 2.05) is 11.6 Å². The van der Waals surface area contributed by atoms with Crippen molar-refractivity contribution < 1.29 is 21.6 Å². The second-order valence-corrected chi connectivity index (χ2v) is 9.74. The molecule has 2 amide bonds. The Balaban J connectivity index is 1.76. The maximum absolute atomic E-state index is 12.5. The van der Waals surface area contributed by atoms with Crippen molar-refractivity contribution >= 4 is 37.5 Å². The van der Waals surface area contributed by atoms with Crippen LogP contribution >= 0.6 is 0 Å². The average Bonchev–Trinajstić information content (AvgIpc) is 2.68. The van der Waals surface area contributed by atoms with E-state index in [1.165, 1.54) is 30.3 Å². The van der Waals surface area contributed by atoms with Crippen LogP contribution in [0, 0.1) is 6.92 Å². The van der Waals surface area contributed by atoms with E-state index >= 15 is 0 Å². The van der Waals surface area contributed by atoms with E-state index in [9.17, 15) is 21.6 Å². The highest BCUT2D eigenvalue weighted by Gasteiger charge is 2.20. The molecule has 0 aromatic heterocycles. The molecule has 0 aliphatic rings. The van der Waals surface area contributed by atoms with Gasteiger partial charge in [-0.3, -0.25) is 4.72 Å². The molecular formula is C20H19N3O5S2. The summed E-state index contributed by atoms with van der Waals surface area (Å²) in [5.74, 6) is 0. The van der Waals surface area contributed by atoms with E-state index in [1.54, 1.807) is 42.5 Å². The molecule has 0 fully saturated rings. The number of aryl methyl sites for hydroxylation is 1. The molecule has 0 spiro atoms. The first-order valence-electron chi connectivity index (χ1n) is 8.74. The largest absolute Gasteiger partial charge is 0.333 e. The van der Waals surface area contributed by atoms with E-state index in [0.29, 0.717) is 5.69 Å². The number of carbonyl (C=O) groups is 1. The van der Waals surface area contributed by atoms with Gasteiger partial charge in [-0.1, -0.05) is 42.0 Å². The van der Waals surface area contributed by atoms with Crippen LogP contribution in [0.15, 0.2) is 88.7 Å². The van der Waals surface area contributed by atoms with E-state index in [4.69, 9.17) is 0 Å². The van der Waals surface area contributed by atoms with Crippen molar-refractivity contribution in [2.24, 2.45) is 0 Å². The van der Waals surface area contributed by atoms with Gasteiger partial charge in [0.1, 0.15) is 0 Å². The molecular weight excluding hydrogens is 426 g/mol. The lowest BCUT2D eigenvalue weighted by atomic mass is 10.2.